The van der Waals surface area contributed by atoms with Crippen LogP contribution < -0.4 is 5.32 Å². The first-order chi connectivity index (χ1) is 14.2. The molecule has 0 atom stereocenters. The molecule has 0 aliphatic carbocycles. The minimum Gasteiger partial charge on any atom is -0.350 e. The van der Waals surface area contributed by atoms with Gasteiger partial charge in [-0.1, -0.05) is 84.9 Å². The molecule has 0 saturated carbocycles. The smallest absolute Gasteiger partial charge is 0.232 e. The Hall–Kier alpha value is -3.24. The van der Waals surface area contributed by atoms with Gasteiger partial charge in [-0.25, -0.2) is 4.98 Å². The van der Waals surface area contributed by atoms with Crippen molar-refractivity contribution in [2.45, 2.75) is 19.4 Å². The summed E-state index contributed by atoms with van der Waals surface area (Å²) in [6.45, 7) is 2.50. The molecule has 1 aromatic heterocycles. The number of thiazole rings is 1. The Labute approximate surface area is 175 Å². The lowest BCUT2D eigenvalue weighted by atomic mass is 9.90. The van der Waals surface area contributed by atoms with Crippen molar-refractivity contribution in [2.75, 3.05) is 0 Å². The highest BCUT2D eigenvalue weighted by Gasteiger charge is 2.22. The molecule has 3 aromatic carbocycles. The summed E-state index contributed by atoms with van der Waals surface area (Å²) in [6.07, 6.45) is 0. The third-order valence-corrected chi connectivity index (χ3v) is 5.82. The Morgan fingerprint density at radius 2 is 1.48 bits per heavy atom. The van der Waals surface area contributed by atoms with E-state index >= 15 is 0 Å². The van der Waals surface area contributed by atoms with Crippen molar-refractivity contribution in [1.82, 2.24) is 10.3 Å². The summed E-state index contributed by atoms with van der Waals surface area (Å²) in [5, 5.41) is 6.08. The average Bonchev–Trinajstić information content (AvgIpc) is 3.23. The minimum atomic E-state index is -0.341. The lowest BCUT2D eigenvalue weighted by Crippen LogP contribution is -2.29. The SMILES string of the molecule is Cc1ccccc1-c1nc(CNC(=O)C(c2ccccc2)c2ccccc2)cs1. The van der Waals surface area contributed by atoms with Gasteiger partial charge in [0, 0.05) is 10.9 Å². The molecule has 0 bridgehead atoms. The maximum absolute atomic E-state index is 13.1. The maximum atomic E-state index is 13.1. The minimum absolute atomic E-state index is 0.0205. The van der Waals surface area contributed by atoms with Crippen LogP contribution in [0, 0.1) is 6.92 Å². The van der Waals surface area contributed by atoms with Crippen molar-refractivity contribution in [2.24, 2.45) is 0 Å². The fourth-order valence-corrected chi connectivity index (χ4v) is 4.30. The van der Waals surface area contributed by atoms with Crippen LogP contribution in [0.4, 0.5) is 0 Å². The summed E-state index contributed by atoms with van der Waals surface area (Å²) in [5.74, 6) is -0.361. The van der Waals surface area contributed by atoms with Crippen LogP contribution in [0.5, 0.6) is 0 Å². The number of nitrogens with zero attached hydrogens (tertiary/aromatic N) is 1. The first-order valence-electron chi connectivity index (χ1n) is 9.60. The molecule has 0 spiro atoms. The van der Waals surface area contributed by atoms with E-state index in [0.717, 1.165) is 27.4 Å². The molecule has 0 aliphatic rings. The van der Waals surface area contributed by atoms with Gasteiger partial charge in [-0.05, 0) is 23.6 Å². The molecular formula is C25H22N2OS. The fourth-order valence-electron chi connectivity index (χ4n) is 3.39. The van der Waals surface area contributed by atoms with Gasteiger partial charge in [-0.3, -0.25) is 4.79 Å². The third kappa shape index (κ3) is 4.44. The molecule has 4 aromatic rings. The highest BCUT2D eigenvalue weighted by molar-refractivity contribution is 7.13. The second-order valence-corrected chi connectivity index (χ2v) is 7.79. The Kier molecular flexibility index (Phi) is 5.82. The van der Waals surface area contributed by atoms with E-state index in [1.54, 1.807) is 11.3 Å². The summed E-state index contributed by atoms with van der Waals surface area (Å²) in [6, 6.07) is 28.0. The molecule has 0 unspecified atom stereocenters. The molecule has 29 heavy (non-hydrogen) atoms. The number of amides is 1. The van der Waals surface area contributed by atoms with Crippen LogP contribution in [0.3, 0.4) is 0 Å². The number of aromatic nitrogens is 1. The molecule has 3 nitrogen and oxygen atoms in total. The zero-order valence-electron chi connectivity index (χ0n) is 16.2. The van der Waals surface area contributed by atoms with Crippen molar-refractivity contribution in [3.05, 3.63) is 113 Å². The Morgan fingerprint density at radius 3 is 2.10 bits per heavy atom. The number of carbonyl (C=O) groups is 1. The molecule has 0 aliphatic heterocycles. The van der Waals surface area contributed by atoms with Crippen molar-refractivity contribution in [1.29, 1.82) is 0 Å². The van der Waals surface area contributed by atoms with E-state index in [2.05, 4.69) is 24.4 Å². The van der Waals surface area contributed by atoms with Gasteiger partial charge < -0.3 is 5.32 Å². The lowest BCUT2D eigenvalue weighted by molar-refractivity contribution is -0.121. The number of rotatable bonds is 6. The van der Waals surface area contributed by atoms with Crippen molar-refractivity contribution in [3.8, 4) is 10.6 Å². The Morgan fingerprint density at radius 1 is 0.897 bits per heavy atom. The largest absolute Gasteiger partial charge is 0.350 e. The van der Waals surface area contributed by atoms with Crippen LogP contribution in [0.15, 0.2) is 90.3 Å². The van der Waals surface area contributed by atoms with E-state index < -0.39 is 0 Å². The Balaban J connectivity index is 1.51. The summed E-state index contributed by atoms with van der Waals surface area (Å²) in [4.78, 5) is 17.8. The second-order valence-electron chi connectivity index (χ2n) is 6.93. The van der Waals surface area contributed by atoms with E-state index in [9.17, 15) is 4.79 Å². The molecule has 144 valence electrons. The number of carbonyl (C=O) groups excluding carboxylic acids is 1. The van der Waals surface area contributed by atoms with Gasteiger partial charge in [-0.15, -0.1) is 11.3 Å². The molecule has 4 rings (SSSR count). The van der Waals surface area contributed by atoms with E-state index in [0.29, 0.717) is 6.54 Å². The zero-order chi connectivity index (χ0) is 20.1. The van der Waals surface area contributed by atoms with Crippen molar-refractivity contribution in [3.63, 3.8) is 0 Å². The summed E-state index contributed by atoms with van der Waals surface area (Å²) in [7, 11) is 0. The molecule has 1 heterocycles. The van der Waals surface area contributed by atoms with Gasteiger partial charge in [0.05, 0.1) is 18.2 Å². The average molecular weight is 399 g/mol. The van der Waals surface area contributed by atoms with E-state index in [-0.39, 0.29) is 11.8 Å². The Bertz CT molecular complexity index is 1050. The van der Waals surface area contributed by atoms with Gasteiger partial charge >= 0.3 is 0 Å². The molecule has 0 fully saturated rings. The number of benzene rings is 3. The van der Waals surface area contributed by atoms with Crippen LogP contribution in [0.1, 0.15) is 28.3 Å². The van der Waals surface area contributed by atoms with Crippen LogP contribution in [0.25, 0.3) is 10.6 Å². The molecule has 0 radical (unpaired) electrons. The van der Waals surface area contributed by atoms with Gasteiger partial charge in [-0.2, -0.15) is 0 Å². The molecule has 4 heteroatoms. The van der Waals surface area contributed by atoms with Crippen LogP contribution in [-0.4, -0.2) is 10.9 Å². The topological polar surface area (TPSA) is 42.0 Å². The molecule has 0 saturated heterocycles. The standard InChI is InChI=1S/C25H22N2OS/c1-18-10-8-9-15-22(18)25-27-21(17-29-25)16-26-24(28)23(19-11-4-2-5-12-19)20-13-6-3-7-14-20/h2-15,17,23H,16H2,1H3,(H,26,28). The van der Waals surface area contributed by atoms with Gasteiger partial charge in [0.15, 0.2) is 0 Å². The van der Waals surface area contributed by atoms with Gasteiger partial charge in [0.1, 0.15) is 5.01 Å². The highest BCUT2D eigenvalue weighted by Crippen LogP contribution is 2.27. The number of nitrogens with one attached hydrogen (secondary N) is 1. The fraction of sp³-hybridized carbons (Fsp3) is 0.120. The van der Waals surface area contributed by atoms with Gasteiger partial charge in [0.2, 0.25) is 5.91 Å². The third-order valence-electron chi connectivity index (χ3n) is 4.90. The normalized spacial score (nSPS) is 10.8. The molecule has 1 amide bonds. The van der Waals surface area contributed by atoms with Gasteiger partial charge in [0.25, 0.3) is 0 Å². The quantitative estimate of drug-likeness (QED) is 0.461. The summed E-state index contributed by atoms with van der Waals surface area (Å²) in [5.41, 5.74) is 5.18. The first kappa shape index (κ1) is 19.1. The molecule has 1 N–H and O–H groups in total. The molecular weight excluding hydrogens is 376 g/mol. The number of aryl methyl sites for hydroxylation is 1. The highest BCUT2D eigenvalue weighted by atomic mass is 32.1. The van der Waals surface area contributed by atoms with E-state index in [1.165, 1.54) is 5.56 Å². The zero-order valence-corrected chi connectivity index (χ0v) is 17.0. The van der Waals surface area contributed by atoms with Crippen LogP contribution >= 0.6 is 11.3 Å². The monoisotopic (exact) mass is 398 g/mol. The van der Waals surface area contributed by atoms with E-state index in [1.807, 2.05) is 78.2 Å². The van der Waals surface area contributed by atoms with E-state index in [4.69, 9.17) is 4.98 Å². The van der Waals surface area contributed by atoms with Crippen molar-refractivity contribution < 1.29 is 4.79 Å². The lowest BCUT2D eigenvalue weighted by Gasteiger charge is -2.17. The summed E-state index contributed by atoms with van der Waals surface area (Å²) >= 11 is 1.61. The predicted molar refractivity (Wildman–Crippen MR) is 119 cm³/mol. The second kappa shape index (κ2) is 8.84. The number of hydrogen-bond acceptors (Lipinski definition) is 3. The first-order valence-corrected chi connectivity index (χ1v) is 10.5. The maximum Gasteiger partial charge on any atom is 0.232 e. The van der Waals surface area contributed by atoms with Crippen LogP contribution in [0.2, 0.25) is 0 Å². The van der Waals surface area contributed by atoms with Crippen LogP contribution in [-0.2, 0) is 11.3 Å². The summed E-state index contributed by atoms with van der Waals surface area (Å²) < 4.78 is 0. The number of hydrogen-bond donors (Lipinski definition) is 1. The predicted octanol–water partition coefficient (Wildman–Crippen LogP) is 5.57. The van der Waals surface area contributed by atoms with Crippen molar-refractivity contribution >= 4 is 17.2 Å².